The zero-order valence-electron chi connectivity index (χ0n) is 7.66. The van der Waals surface area contributed by atoms with E-state index in [0.717, 1.165) is 15.9 Å². The van der Waals surface area contributed by atoms with Gasteiger partial charge in [0.05, 0.1) is 4.47 Å². The van der Waals surface area contributed by atoms with Crippen molar-refractivity contribution in [2.75, 3.05) is 0 Å². The topological polar surface area (TPSA) is 25.8 Å². The van der Waals surface area contributed by atoms with Gasteiger partial charge in [0.2, 0.25) is 0 Å². The molecule has 1 aromatic rings. The van der Waals surface area contributed by atoms with Crippen molar-refractivity contribution in [1.29, 1.82) is 0 Å². The first-order chi connectivity index (χ1) is 6.27. The highest BCUT2D eigenvalue weighted by Crippen LogP contribution is 2.12. The van der Waals surface area contributed by atoms with Gasteiger partial charge in [-0.25, -0.2) is 9.97 Å². The van der Waals surface area contributed by atoms with Crippen molar-refractivity contribution in [3.05, 3.63) is 40.9 Å². The Morgan fingerprint density at radius 1 is 1.31 bits per heavy atom. The van der Waals surface area contributed by atoms with Gasteiger partial charge in [0.25, 0.3) is 0 Å². The molecule has 0 radical (unpaired) electrons. The Hall–Kier alpha value is -0.960. The highest BCUT2D eigenvalue weighted by atomic mass is 79.9. The molecule has 0 spiro atoms. The van der Waals surface area contributed by atoms with Crippen LogP contribution in [0.3, 0.4) is 0 Å². The molecular formula is C10H11BrN2. The Morgan fingerprint density at radius 3 is 2.38 bits per heavy atom. The lowest BCUT2D eigenvalue weighted by molar-refractivity contribution is 1.11. The van der Waals surface area contributed by atoms with E-state index in [2.05, 4.69) is 25.9 Å². The molecule has 13 heavy (non-hydrogen) atoms. The molecular weight excluding hydrogens is 228 g/mol. The van der Waals surface area contributed by atoms with Crippen LogP contribution in [0.1, 0.15) is 19.7 Å². The molecule has 0 saturated heterocycles. The molecule has 0 saturated carbocycles. The minimum atomic E-state index is 0.754. The maximum Gasteiger partial charge on any atom is 0.158 e. The number of allylic oxidation sites excluding steroid dienone is 4. The van der Waals surface area contributed by atoms with E-state index >= 15 is 0 Å². The summed E-state index contributed by atoms with van der Waals surface area (Å²) in [6.45, 7) is 3.95. The Morgan fingerprint density at radius 2 is 1.92 bits per heavy atom. The average molecular weight is 239 g/mol. The van der Waals surface area contributed by atoms with Gasteiger partial charge in [0.1, 0.15) is 0 Å². The van der Waals surface area contributed by atoms with Gasteiger partial charge >= 0.3 is 0 Å². The largest absolute Gasteiger partial charge is 0.235 e. The van der Waals surface area contributed by atoms with Gasteiger partial charge < -0.3 is 0 Å². The highest BCUT2D eigenvalue weighted by Gasteiger charge is 1.98. The van der Waals surface area contributed by atoms with Crippen LogP contribution in [0.15, 0.2) is 35.1 Å². The summed E-state index contributed by atoms with van der Waals surface area (Å²) < 4.78 is 0.896. The Kier molecular flexibility index (Phi) is 3.83. The van der Waals surface area contributed by atoms with Crippen LogP contribution in [0.2, 0.25) is 0 Å². The normalized spacial score (nSPS) is 12.4. The van der Waals surface area contributed by atoms with E-state index in [1.54, 1.807) is 12.4 Å². The van der Waals surface area contributed by atoms with Crippen LogP contribution < -0.4 is 0 Å². The number of halogens is 1. The van der Waals surface area contributed by atoms with E-state index in [1.165, 1.54) is 0 Å². The molecule has 0 N–H and O–H groups in total. The predicted molar refractivity (Wildman–Crippen MR) is 58.2 cm³/mol. The van der Waals surface area contributed by atoms with Gasteiger partial charge in [-0.3, -0.25) is 0 Å². The van der Waals surface area contributed by atoms with E-state index in [4.69, 9.17) is 0 Å². The minimum Gasteiger partial charge on any atom is -0.235 e. The molecule has 0 bridgehead atoms. The maximum atomic E-state index is 4.19. The molecule has 0 aliphatic heterocycles. The van der Waals surface area contributed by atoms with E-state index in [1.807, 2.05) is 32.1 Å². The fourth-order valence-corrected chi connectivity index (χ4v) is 1.15. The second-order valence-electron chi connectivity index (χ2n) is 2.47. The Labute approximate surface area is 86.5 Å². The summed E-state index contributed by atoms with van der Waals surface area (Å²) in [6, 6.07) is 0. The maximum absolute atomic E-state index is 4.19. The molecule has 1 heterocycles. The number of aromatic nitrogens is 2. The summed E-state index contributed by atoms with van der Waals surface area (Å²) in [5.74, 6) is 0.754. The Balaban J connectivity index is 3.00. The third-order valence-corrected chi connectivity index (χ3v) is 1.95. The standard InChI is InChI=1S/C10H11BrN2/c1-3-5-8(4-2)10-12-6-9(11)7-13-10/h3-7H,1-2H3. The van der Waals surface area contributed by atoms with Crippen LogP contribution in [0.4, 0.5) is 0 Å². The van der Waals surface area contributed by atoms with Crippen LogP contribution in [-0.4, -0.2) is 9.97 Å². The summed E-state index contributed by atoms with van der Waals surface area (Å²) in [7, 11) is 0. The van der Waals surface area contributed by atoms with Gasteiger partial charge in [-0.15, -0.1) is 0 Å². The van der Waals surface area contributed by atoms with Crippen molar-refractivity contribution in [3.63, 3.8) is 0 Å². The van der Waals surface area contributed by atoms with Gasteiger partial charge in [0, 0.05) is 18.0 Å². The molecule has 2 nitrogen and oxygen atoms in total. The molecule has 1 aromatic heterocycles. The Bertz CT molecular complexity index is 325. The van der Waals surface area contributed by atoms with Crippen molar-refractivity contribution in [3.8, 4) is 0 Å². The first-order valence-corrected chi connectivity index (χ1v) is 4.84. The molecule has 0 fully saturated rings. The molecule has 0 amide bonds. The van der Waals surface area contributed by atoms with Crippen molar-refractivity contribution < 1.29 is 0 Å². The van der Waals surface area contributed by atoms with E-state index in [0.29, 0.717) is 0 Å². The second kappa shape index (κ2) is 4.92. The van der Waals surface area contributed by atoms with E-state index in [-0.39, 0.29) is 0 Å². The predicted octanol–water partition coefficient (Wildman–Crippen LogP) is 3.22. The fourth-order valence-electron chi connectivity index (χ4n) is 0.941. The number of hydrogen-bond acceptors (Lipinski definition) is 2. The summed E-state index contributed by atoms with van der Waals surface area (Å²) in [4.78, 5) is 8.38. The summed E-state index contributed by atoms with van der Waals surface area (Å²) in [6.07, 6.45) is 9.44. The number of rotatable bonds is 2. The monoisotopic (exact) mass is 238 g/mol. The van der Waals surface area contributed by atoms with Crippen molar-refractivity contribution >= 4 is 21.5 Å². The first-order valence-electron chi connectivity index (χ1n) is 4.05. The lowest BCUT2D eigenvalue weighted by Crippen LogP contribution is -1.90. The fraction of sp³-hybridized carbons (Fsp3) is 0.200. The van der Waals surface area contributed by atoms with Gasteiger partial charge in [-0.05, 0) is 29.8 Å². The number of hydrogen-bond donors (Lipinski definition) is 0. The van der Waals surface area contributed by atoms with Crippen molar-refractivity contribution in [1.82, 2.24) is 9.97 Å². The summed E-state index contributed by atoms with van der Waals surface area (Å²) in [5.41, 5.74) is 1.04. The van der Waals surface area contributed by atoms with Crippen LogP contribution in [0.25, 0.3) is 5.57 Å². The zero-order valence-corrected chi connectivity index (χ0v) is 9.25. The van der Waals surface area contributed by atoms with Crippen molar-refractivity contribution in [2.45, 2.75) is 13.8 Å². The smallest absolute Gasteiger partial charge is 0.158 e. The van der Waals surface area contributed by atoms with E-state index < -0.39 is 0 Å². The van der Waals surface area contributed by atoms with Crippen LogP contribution in [0.5, 0.6) is 0 Å². The van der Waals surface area contributed by atoms with Crippen LogP contribution >= 0.6 is 15.9 Å². The number of nitrogens with zero attached hydrogens (tertiary/aromatic N) is 2. The van der Waals surface area contributed by atoms with Gasteiger partial charge in [-0.1, -0.05) is 18.2 Å². The van der Waals surface area contributed by atoms with Gasteiger partial charge in [0.15, 0.2) is 5.82 Å². The van der Waals surface area contributed by atoms with Gasteiger partial charge in [-0.2, -0.15) is 0 Å². The lowest BCUT2D eigenvalue weighted by atomic mass is 10.2. The molecule has 0 aliphatic rings. The average Bonchev–Trinajstić information content (AvgIpc) is 2.16. The second-order valence-corrected chi connectivity index (χ2v) is 3.38. The first kappa shape index (κ1) is 10.1. The molecule has 0 aromatic carbocycles. The van der Waals surface area contributed by atoms with E-state index in [9.17, 15) is 0 Å². The molecule has 0 aliphatic carbocycles. The van der Waals surface area contributed by atoms with Crippen LogP contribution in [0, 0.1) is 0 Å². The molecule has 1 rings (SSSR count). The SMILES string of the molecule is CC=CC(=CC)c1ncc(Br)cn1. The lowest BCUT2D eigenvalue weighted by Gasteiger charge is -1.98. The quantitative estimate of drug-likeness (QED) is 0.740. The summed E-state index contributed by atoms with van der Waals surface area (Å²) in [5, 5.41) is 0. The summed E-state index contributed by atoms with van der Waals surface area (Å²) >= 11 is 3.29. The minimum absolute atomic E-state index is 0.754. The third kappa shape index (κ3) is 2.77. The molecule has 0 unspecified atom stereocenters. The van der Waals surface area contributed by atoms with Crippen molar-refractivity contribution in [2.24, 2.45) is 0 Å². The third-order valence-electron chi connectivity index (χ3n) is 1.54. The zero-order chi connectivity index (χ0) is 9.68. The highest BCUT2D eigenvalue weighted by molar-refractivity contribution is 9.10. The molecule has 3 heteroatoms. The molecule has 68 valence electrons. The van der Waals surface area contributed by atoms with Crippen LogP contribution in [-0.2, 0) is 0 Å². The molecule has 0 atom stereocenters.